The molecule has 2 aromatic carbocycles. The molecule has 2 rings (SSSR count). The monoisotopic (exact) mass is 301 g/mol. The Kier molecular flexibility index (Phi) is 5.94. The number of hydrogen-bond acceptors (Lipinski definition) is 4. The molecule has 0 aliphatic carbocycles. The lowest BCUT2D eigenvalue weighted by Gasteiger charge is -2.23. The molecular formula is C17H19NO4. The summed E-state index contributed by atoms with van der Waals surface area (Å²) in [6.45, 7) is -0.318. The summed E-state index contributed by atoms with van der Waals surface area (Å²) in [5, 5.41) is 21.6. The van der Waals surface area contributed by atoms with Crippen LogP contribution in [0.2, 0.25) is 0 Å². The van der Waals surface area contributed by atoms with E-state index < -0.39 is 24.8 Å². The summed E-state index contributed by atoms with van der Waals surface area (Å²) in [7, 11) is 0. The molecule has 0 radical (unpaired) electrons. The van der Waals surface area contributed by atoms with Crippen LogP contribution in [0.1, 0.15) is 17.2 Å². The molecule has 2 unspecified atom stereocenters. The van der Waals surface area contributed by atoms with Gasteiger partial charge in [0.1, 0.15) is 12.7 Å². The quantitative estimate of drug-likeness (QED) is 0.762. The predicted molar refractivity (Wildman–Crippen MR) is 82.0 cm³/mol. The van der Waals surface area contributed by atoms with Crippen LogP contribution in [0.3, 0.4) is 0 Å². The van der Waals surface area contributed by atoms with Crippen LogP contribution in [0, 0.1) is 0 Å². The SMILES string of the molecule is O=C(NC(c1ccccc1)C(O)CO)OCc1ccccc1. The van der Waals surface area contributed by atoms with Gasteiger partial charge < -0.3 is 20.3 Å². The zero-order valence-corrected chi connectivity index (χ0v) is 12.1. The maximum Gasteiger partial charge on any atom is 0.408 e. The Morgan fingerprint density at radius 1 is 1.05 bits per heavy atom. The van der Waals surface area contributed by atoms with E-state index in [9.17, 15) is 9.90 Å². The van der Waals surface area contributed by atoms with Gasteiger partial charge in [0.05, 0.1) is 12.6 Å². The zero-order chi connectivity index (χ0) is 15.8. The van der Waals surface area contributed by atoms with Crippen LogP contribution >= 0.6 is 0 Å². The number of amides is 1. The van der Waals surface area contributed by atoms with Gasteiger partial charge in [0.2, 0.25) is 0 Å². The van der Waals surface area contributed by atoms with Crippen LogP contribution in [0.4, 0.5) is 4.79 Å². The van der Waals surface area contributed by atoms with Crippen LogP contribution in [0.15, 0.2) is 60.7 Å². The number of hydrogen-bond donors (Lipinski definition) is 3. The van der Waals surface area contributed by atoms with Crippen LogP contribution < -0.4 is 5.32 Å². The van der Waals surface area contributed by atoms with Crippen molar-refractivity contribution < 1.29 is 19.7 Å². The molecule has 0 aliphatic heterocycles. The summed E-state index contributed by atoms with van der Waals surface area (Å²) in [5.41, 5.74) is 1.57. The molecule has 0 spiro atoms. The minimum absolute atomic E-state index is 0.142. The van der Waals surface area contributed by atoms with Crippen LogP contribution in [0.5, 0.6) is 0 Å². The fourth-order valence-corrected chi connectivity index (χ4v) is 2.06. The lowest BCUT2D eigenvalue weighted by atomic mass is 10.0. The number of alkyl carbamates (subject to hydrolysis) is 1. The summed E-state index contributed by atoms with van der Waals surface area (Å²) in [4.78, 5) is 11.9. The molecule has 5 heteroatoms. The van der Waals surface area contributed by atoms with Crippen molar-refractivity contribution in [3.05, 3.63) is 71.8 Å². The van der Waals surface area contributed by atoms with Gasteiger partial charge in [-0.25, -0.2) is 4.79 Å². The second-order valence-electron chi connectivity index (χ2n) is 4.84. The normalized spacial score (nSPS) is 13.2. The Morgan fingerprint density at radius 2 is 1.64 bits per heavy atom. The van der Waals surface area contributed by atoms with Crippen molar-refractivity contribution in [2.75, 3.05) is 6.61 Å². The second-order valence-corrected chi connectivity index (χ2v) is 4.84. The van der Waals surface area contributed by atoms with Gasteiger partial charge in [-0.2, -0.15) is 0 Å². The highest BCUT2D eigenvalue weighted by Crippen LogP contribution is 2.17. The van der Waals surface area contributed by atoms with E-state index >= 15 is 0 Å². The smallest absolute Gasteiger partial charge is 0.408 e. The van der Waals surface area contributed by atoms with Gasteiger partial charge in [-0.05, 0) is 11.1 Å². The minimum Gasteiger partial charge on any atom is -0.445 e. The number of ether oxygens (including phenoxy) is 1. The van der Waals surface area contributed by atoms with Gasteiger partial charge in [0, 0.05) is 0 Å². The summed E-state index contributed by atoms with van der Waals surface area (Å²) in [6, 6.07) is 17.5. The van der Waals surface area contributed by atoms with Crippen molar-refractivity contribution in [3.63, 3.8) is 0 Å². The first kappa shape index (κ1) is 16.0. The highest BCUT2D eigenvalue weighted by Gasteiger charge is 2.23. The third-order valence-electron chi connectivity index (χ3n) is 3.22. The fraction of sp³-hybridized carbons (Fsp3) is 0.235. The van der Waals surface area contributed by atoms with Gasteiger partial charge in [-0.3, -0.25) is 0 Å². The van der Waals surface area contributed by atoms with Crippen molar-refractivity contribution >= 4 is 6.09 Å². The molecule has 2 aromatic rings. The van der Waals surface area contributed by atoms with Gasteiger partial charge in [0.25, 0.3) is 0 Å². The number of carbonyl (C=O) groups is 1. The first-order valence-corrected chi connectivity index (χ1v) is 7.02. The molecule has 0 aliphatic rings. The van der Waals surface area contributed by atoms with Crippen LogP contribution in [0.25, 0.3) is 0 Å². The first-order valence-electron chi connectivity index (χ1n) is 7.02. The molecule has 5 nitrogen and oxygen atoms in total. The van der Waals surface area contributed by atoms with E-state index in [1.807, 2.05) is 36.4 Å². The largest absolute Gasteiger partial charge is 0.445 e. The third kappa shape index (κ3) is 4.58. The van der Waals surface area contributed by atoms with Gasteiger partial charge in [0.15, 0.2) is 0 Å². The van der Waals surface area contributed by atoms with Gasteiger partial charge >= 0.3 is 6.09 Å². The molecule has 22 heavy (non-hydrogen) atoms. The summed E-state index contributed by atoms with van der Waals surface area (Å²) >= 11 is 0. The Bertz CT molecular complexity index is 574. The predicted octanol–water partition coefficient (Wildman–Crippen LogP) is 2.01. The molecular weight excluding hydrogens is 282 g/mol. The lowest BCUT2D eigenvalue weighted by molar-refractivity contribution is 0.0571. The molecule has 0 fully saturated rings. The summed E-state index contributed by atoms with van der Waals surface area (Å²) in [6.07, 6.45) is -1.75. The van der Waals surface area contributed by atoms with Crippen molar-refractivity contribution in [2.45, 2.75) is 18.8 Å². The number of benzene rings is 2. The third-order valence-corrected chi connectivity index (χ3v) is 3.22. The number of nitrogens with one attached hydrogen (secondary N) is 1. The van der Waals surface area contributed by atoms with Crippen molar-refractivity contribution in [2.24, 2.45) is 0 Å². The average Bonchev–Trinajstić information content (AvgIpc) is 2.59. The molecule has 0 saturated heterocycles. The van der Waals surface area contributed by atoms with E-state index in [-0.39, 0.29) is 6.61 Å². The molecule has 0 saturated carbocycles. The van der Waals surface area contributed by atoms with E-state index in [0.29, 0.717) is 5.56 Å². The lowest BCUT2D eigenvalue weighted by Crippen LogP contribution is -2.38. The van der Waals surface area contributed by atoms with Crippen LogP contribution in [-0.4, -0.2) is 29.0 Å². The topological polar surface area (TPSA) is 78.8 Å². The first-order chi connectivity index (χ1) is 10.7. The van der Waals surface area contributed by atoms with E-state index in [1.165, 1.54) is 0 Å². The maximum atomic E-state index is 11.9. The minimum atomic E-state index is -1.10. The fourth-order valence-electron chi connectivity index (χ4n) is 2.06. The second kappa shape index (κ2) is 8.17. The van der Waals surface area contributed by atoms with Crippen molar-refractivity contribution in [1.82, 2.24) is 5.32 Å². The Morgan fingerprint density at radius 3 is 2.23 bits per heavy atom. The molecule has 0 heterocycles. The molecule has 116 valence electrons. The van der Waals surface area contributed by atoms with Crippen molar-refractivity contribution in [3.8, 4) is 0 Å². The van der Waals surface area contributed by atoms with E-state index in [1.54, 1.807) is 24.3 Å². The number of aliphatic hydroxyl groups excluding tert-OH is 2. The number of carbonyl (C=O) groups excluding carboxylic acids is 1. The Labute approximate surface area is 129 Å². The molecule has 0 aromatic heterocycles. The van der Waals surface area contributed by atoms with E-state index in [4.69, 9.17) is 9.84 Å². The van der Waals surface area contributed by atoms with Gasteiger partial charge in [-0.1, -0.05) is 60.7 Å². The molecule has 3 N–H and O–H groups in total. The summed E-state index contributed by atoms with van der Waals surface area (Å²) in [5.74, 6) is 0. The molecule has 2 atom stereocenters. The molecule has 1 amide bonds. The highest BCUT2D eigenvalue weighted by molar-refractivity contribution is 5.68. The van der Waals surface area contributed by atoms with Crippen molar-refractivity contribution in [1.29, 1.82) is 0 Å². The summed E-state index contributed by atoms with van der Waals surface area (Å²) < 4.78 is 5.13. The number of aliphatic hydroxyl groups is 2. The molecule has 0 bridgehead atoms. The van der Waals surface area contributed by atoms with E-state index in [2.05, 4.69) is 5.32 Å². The maximum absolute atomic E-state index is 11.9. The Hall–Kier alpha value is -2.37. The average molecular weight is 301 g/mol. The Balaban J connectivity index is 1.96. The zero-order valence-electron chi connectivity index (χ0n) is 12.1. The highest BCUT2D eigenvalue weighted by atomic mass is 16.5. The number of rotatable bonds is 6. The van der Waals surface area contributed by atoms with E-state index in [0.717, 1.165) is 5.56 Å². The van der Waals surface area contributed by atoms with Gasteiger partial charge in [-0.15, -0.1) is 0 Å². The standard InChI is InChI=1S/C17H19NO4/c19-11-15(20)16(14-9-5-2-6-10-14)18-17(21)22-12-13-7-3-1-4-8-13/h1-10,15-16,19-20H,11-12H2,(H,18,21). The van der Waals surface area contributed by atoms with Crippen LogP contribution in [-0.2, 0) is 11.3 Å².